The number of Topliss-reactive ketones (excluding diaryl/α,β-unsaturated/α-hetero) is 1. The molecule has 1 unspecified atom stereocenters. The normalized spacial score (nSPS) is 14.4. The Morgan fingerprint density at radius 3 is 2.21 bits per heavy atom. The number of carbonyl (C=O) groups is 2. The fourth-order valence-corrected chi connectivity index (χ4v) is 9.64. The van der Waals surface area contributed by atoms with Gasteiger partial charge in [-0.05, 0) is 110 Å². The quantitative estimate of drug-likeness (QED) is 0.144. The van der Waals surface area contributed by atoms with E-state index in [1.807, 2.05) is 84.9 Å². The predicted octanol–water partition coefficient (Wildman–Crippen LogP) is 7.05. The zero-order chi connectivity index (χ0) is 39.0. The molecule has 0 aliphatic heterocycles. The number of amides is 1. The SMILES string of the molecule is COc1ccc(S(=O)(=O)C2=c3ccc4c(c3CCC2)C(C(=O)c2ccc(NC(=O)c3ccccc3-c3ccc(CN)cc3)cc2)C=c2ccccc2=4)cc1OC. The molecule has 2 aliphatic carbocycles. The summed E-state index contributed by atoms with van der Waals surface area (Å²) in [4.78, 5) is 28.6. The number of fused-ring (bicyclic) bond motifs is 4. The van der Waals surface area contributed by atoms with E-state index in [-0.39, 0.29) is 16.6 Å². The Hall–Kier alpha value is -6.29. The topological polar surface area (TPSA) is 125 Å². The van der Waals surface area contributed by atoms with Crippen molar-refractivity contribution in [2.75, 3.05) is 19.5 Å². The molecule has 8 rings (SSSR count). The third-order valence-electron chi connectivity index (χ3n) is 10.8. The molecule has 280 valence electrons. The van der Waals surface area contributed by atoms with Crippen molar-refractivity contribution >= 4 is 38.2 Å². The Bertz CT molecular complexity index is 2870. The van der Waals surface area contributed by atoms with Gasteiger partial charge in [0.05, 0.1) is 29.9 Å². The molecular weight excluding hydrogens is 721 g/mol. The van der Waals surface area contributed by atoms with E-state index in [0.717, 1.165) is 43.5 Å². The van der Waals surface area contributed by atoms with E-state index in [1.54, 1.807) is 42.5 Å². The molecule has 6 aromatic carbocycles. The number of rotatable bonds is 10. The van der Waals surface area contributed by atoms with Crippen molar-refractivity contribution in [2.24, 2.45) is 5.73 Å². The highest BCUT2D eigenvalue weighted by Crippen LogP contribution is 2.36. The second-order valence-electron chi connectivity index (χ2n) is 13.9. The van der Waals surface area contributed by atoms with Crippen LogP contribution < -0.4 is 31.0 Å². The van der Waals surface area contributed by atoms with Crippen LogP contribution in [-0.4, -0.2) is 34.3 Å². The van der Waals surface area contributed by atoms with Gasteiger partial charge >= 0.3 is 0 Å². The van der Waals surface area contributed by atoms with Crippen LogP contribution in [0.1, 0.15) is 56.2 Å². The molecule has 0 aromatic heterocycles. The first kappa shape index (κ1) is 36.7. The number of methoxy groups -OCH3 is 2. The predicted molar refractivity (Wildman–Crippen MR) is 219 cm³/mol. The van der Waals surface area contributed by atoms with Crippen LogP contribution in [0.3, 0.4) is 0 Å². The average Bonchev–Trinajstić information content (AvgIpc) is 3.25. The summed E-state index contributed by atoms with van der Waals surface area (Å²) in [5.41, 5.74) is 11.7. The van der Waals surface area contributed by atoms with Crippen molar-refractivity contribution in [3.8, 4) is 22.6 Å². The lowest BCUT2D eigenvalue weighted by atomic mass is 9.79. The number of hydrogen-bond acceptors (Lipinski definition) is 7. The maximum Gasteiger partial charge on any atom is 0.256 e. The molecule has 0 saturated carbocycles. The number of benzene rings is 6. The van der Waals surface area contributed by atoms with Crippen LogP contribution in [0.4, 0.5) is 5.69 Å². The van der Waals surface area contributed by atoms with Crippen molar-refractivity contribution < 1.29 is 27.5 Å². The minimum Gasteiger partial charge on any atom is -0.493 e. The minimum absolute atomic E-state index is 0.117. The molecule has 1 amide bonds. The summed E-state index contributed by atoms with van der Waals surface area (Å²) in [5.74, 6) is -0.271. The van der Waals surface area contributed by atoms with Gasteiger partial charge in [0.2, 0.25) is 9.84 Å². The molecule has 0 saturated heterocycles. The number of nitrogens with one attached hydrogen (secondary N) is 1. The smallest absolute Gasteiger partial charge is 0.256 e. The zero-order valence-corrected chi connectivity index (χ0v) is 31.9. The van der Waals surface area contributed by atoms with Crippen molar-refractivity contribution in [3.05, 3.63) is 176 Å². The molecule has 1 atom stereocenters. The minimum atomic E-state index is -3.92. The van der Waals surface area contributed by atoms with Crippen LogP contribution >= 0.6 is 0 Å². The lowest BCUT2D eigenvalue weighted by Gasteiger charge is -2.25. The summed E-state index contributed by atoms with van der Waals surface area (Å²) in [5, 5.41) is 6.50. The highest BCUT2D eigenvalue weighted by molar-refractivity contribution is 8.00. The first-order valence-electron chi connectivity index (χ1n) is 18.5. The van der Waals surface area contributed by atoms with E-state index in [2.05, 4.69) is 5.32 Å². The largest absolute Gasteiger partial charge is 0.493 e. The number of hydrogen-bond donors (Lipinski definition) is 2. The van der Waals surface area contributed by atoms with Gasteiger partial charge in [0.15, 0.2) is 17.3 Å². The van der Waals surface area contributed by atoms with Gasteiger partial charge < -0.3 is 20.5 Å². The third-order valence-corrected chi connectivity index (χ3v) is 12.7. The van der Waals surface area contributed by atoms with Crippen LogP contribution in [-0.2, 0) is 22.8 Å². The number of anilines is 1. The van der Waals surface area contributed by atoms with Gasteiger partial charge in [-0.2, -0.15) is 0 Å². The number of carbonyl (C=O) groups excluding carboxylic acids is 2. The van der Waals surface area contributed by atoms with E-state index < -0.39 is 15.8 Å². The number of sulfone groups is 1. The van der Waals surface area contributed by atoms with Gasteiger partial charge in [-0.3, -0.25) is 9.59 Å². The molecule has 3 N–H and O–H groups in total. The van der Waals surface area contributed by atoms with Crippen LogP contribution in [0.5, 0.6) is 11.5 Å². The molecule has 0 radical (unpaired) electrons. The Kier molecular flexibility index (Phi) is 9.88. The van der Waals surface area contributed by atoms with E-state index >= 15 is 0 Å². The Morgan fingerprint density at radius 1 is 0.750 bits per heavy atom. The number of ether oxygens (including phenoxy) is 2. The van der Waals surface area contributed by atoms with Gasteiger partial charge in [0.1, 0.15) is 0 Å². The first-order chi connectivity index (χ1) is 27.2. The van der Waals surface area contributed by atoms with Crippen molar-refractivity contribution in [1.29, 1.82) is 0 Å². The Labute approximate surface area is 325 Å². The van der Waals surface area contributed by atoms with Crippen LogP contribution in [0.25, 0.3) is 22.1 Å². The zero-order valence-electron chi connectivity index (χ0n) is 31.0. The summed E-state index contributed by atoms with van der Waals surface area (Å²) in [6.07, 6.45) is 3.61. The molecule has 6 aromatic rings. The van der Waals surface area contributed by atoms with Crippen LogP contribution in [0.15, 0.2) is 132 Å². The van der Waals surface area contributed by atoms with Gasteiger partial charge in [-0.1, -0.05) is 84.9 Å². The van der Waals surface area contributed by atoms with Gasteiger partial charge in [0.25, 0.3) is 5.91 Å². The first-order valence-corrected chi connectivity index (χ1v) is 20.0. The highest BCUT2D eigenvalue weighted by atomic mass is 32.2. The van der Waals surface area contributed by atoms with E-state index in [1.165, 1.54) is 20.3 Å². The molecule has 0 fully saturated rings. The molecule has 0 heterocycles. The van der Waals surface area contributed by atoms with Gasteiger partial charge in [0, 0.05) is 29.4 Å². The summed E-state index contributed by atoms with van der Waals surface area (Å²) in [6, 6.07) is 38.7. The molecule has 56 heavy (non-hydrogen) atoms. The lowest BCUT2D eigenvalue weighted by Crippen LogP contribution is -2.29. The Balaban J connectivity index is 1.15. The Morgan fingerprint density at radius 2 is 1.46 bits per heavy atom. The van der Waals surface area contributed by atoms with Crippen molar-refractivity contribution in [3.63, 3.8) is 0 Å². The number of ketones is 1. The molecule has 8 nitrogen and oxygen atoms in total. The maximum absolute atomic E-state index is 14.6. The van der Waals surface area contributed by atoms with Crippen molar-refractivity contribution in [1.82, 2.24) is 0 Å². The number of nitrogens with two attached hydrogens (primary N) is 1. The van der Waals surface area contributed by atoms with E-state index in [4.69, 9.17) is 15.2 Å². The molecule has 9 heteroatoms. The highest BCUT2D eigenvalue weighted by Gasteiger charge is 2.31. The van der Waals surface area contributed by atoms with E-state index in [9.17, 15) is 18.0 Å². The fraction of sp³-hybridized carbons (Fsp3) is 0.149. The standard InChI is InChI=1S/C47H40N2O6S/c1-54-42-25-22-34(27-43(42)55-2)56(52,53)44-13-7-12-38-37(44)23-24-39-36-10-4-3-8-32(36)26-41(45(38)39)46(50)31-18-20-33(21-19-31)49-47(51)40-11-6-5-9-35(40)30-16-14-29(28-48)15-17-30/h3-6,8-11,14-27,41H,7,12-13,28,48H2,1-2H3,(H,49,51). The molecule has 2 aliphatic rings. The van der Waals surface area contributed by atoms with Gasteiger partial charge in [-0.15, -0.1) is 0 Å². The molecular formula is C47H40N2O6S. The van der Waals surface area contributed by atoms with Crippen molar-refractivity contribution in [2.45, 2.75) is 36.6 Å². The second kappa shape index (κ2) is 15.1. The summed E-state index contributed by atoms with van der Waals surface area (Å²) in [6.45, 7) is 0.438. The maximum atomic E-state index is 14.6. The summed E-state index contributed by atoms with van der Waals surface area (Å²) < 4.78 is 39.4. The second-order valence-corrected chi connectivity index (χ2v) is 15.9. The fourth-order valence-electron chi connectivity index (χ4n) is 7.96. The average molecular weight is 761 g/mol. The van der Waals surface area contributed by atoms with Gasteiger partial charge in [-0.25, -0.2) is 8.42 Å². The lowest BCUT2D eigenvalue weighted by molar-refractivity contribution is 0.0979. The third kappa shape index (κ3) is 6.59. The van der Waals surface area contributed by atoms with Crippen LogP contribution in [0.2, 0.25) is 0 Å². The summed E-state index contributed by atoms with van der Waals surface area (Å²) >= 11 is 0. The molecule has 0 spiro atoms. The summed E-state index contributed by atoms with van der Waals surface area (Å²) in [7, 11) is -0.938. The molecule has 0 bridgehead atoms. The van der Waals surface area contributed by atoms with E-state index in [0.29, 0.717) is 64.2 Å². The monoisotopic (exact) mass is 760 g/mol. The van der Waals surface area contributed by atoms with Crippen LogP contribution in [0, 0.1) is 10.4 Å².